The molecule has 0 radical (unpaired) electrons. The van der Waals surface area contributed by atoms with Gasteiger partial charge in [0, 0.05) is 18.7 Å². The molecule has 110 valence electrons. The Kier molecular flexibility index (Phi) is 4.11. The van der Waals surface area contributed by atoms with E-state index in [1.807, 2.05) is 20.9 Å². The van der Waals surface area contributed by atoms with E-state index in [4.69, 9.17) is 0 Å². The lowest BCUT2D eigenvalue weighted by Crippen LogP contribution is -2.45. The zero-order valence-electron chi connectivity index (χ0n) is 12.1. The fourth-order valence-corrected chi connectivity index (χ4v) is 2.25. The van der Waals surface area contributed by atoms with Gasteiger partial charge >= 0.3 is 5.97 Å². The third-order valence-electron chi connectivity index (χ3n) is 3.91. The van der Waals surface area contributed by atoms with Crippen molar-refractivity contribution < 1.29 is 14.7 Å². The first-order chi connectivity index (χ1) is 9.43. The highest BCUT2D eigenvalue weighted by molar-refractivity contribution is 5.95. The van der Waals surface area contributed by atoms with Gasteiger partial charge in [-0.1, -0.05) is 20.3 Å². The second-order valence-corrected chi connectivity index (χ2v) is 5.53. The smallest absolute Gasteiger partial charge is 0.326 e. The van der Waals surface area contributed by atoms with Gasteiger partial charge in [-0.25, -0.2) is 4.79 Å². The van der Waals surface area contributed by atoms with E-state index < -0.39 is 17.9 Å². The summed E-state index contributed by atoms with van der Waals surface area (Å²) < 4.78 is 1.71. The average molecular weight is 279 g/mol. The predicted molar refractivity (Wildman–Crippen MR) is 73.5 cm³/mol. The summed E-state index contributed by atoms with van der Waals surface area (Å²) in [6.07, 6.45) is 2.95. The van der Waals surface area contributed by atoms with E-state index in [1.165, 1.54) is 0 Å². The van der Waals surface area contributed by atoms with Crippen LogP contribution in [-0.2, 0) is 11.8 Å². The van der Waals surface area contributed by atoms with Crippen LogP contribution in [0.2, 0.25) is 0 Å². The number of nitrogens with zero attached hydrogens (tertiary/aromatic N) is 2. The molecular formula is C14H21N3O3. The Morgan fingerprint density at radius 2 is 2.20 bits per heavy atom. The molecule has 1 aromatic heterocycles. The second kappa shape index (κ2) is 5.64. The van der Waals surface area contributed by atoms with Gasteiger partial charge in [0.15, 0.2) is 0 Å². The molecule has 0 bridgehead atoms. The van der Waals surface area contributed by atoms with Gasteiger partial charge in [0.1, 0.15) is 11.7 Å². The summed E-state index contributed by atoms with van der Waals surface area (Å²) in [7, 11) is 1.81. The van der Waals surface area contributed by atoms with Crippen molar-refractivity contribution in [2.45, 2.75) is 45.1 Å². The number of amides is 1. The van der Waals surface area contributed by atoms with Crippen molar-refractivity contribution in [3.05, 3.63) is 17.5 Å². The summed E-state index contributed by atoms with van der Waals surface area (Å²) >= 11 is 0. The fourth-order valence-electron chi connectivity index (χ4n) is 2.25. The number of rotatable bonds is 6. The second-order valence-electron chi connectivity index (χ2n) is 5.53. The molecule has 2 rings (SSSR count). The van der Waals surface area contributed by atoms with Crippen molar-refractivity contribution in [2.24, 2.45) is 13.0 Å². The largest absolute Gasteiger partial charge is 0.480 e. The predicted octanol–water partition coefficient (Wildman–Crippen LogP) is 1.53. The van der Waals surface area contributed by atoms with Crippen molar-refractivity contribution in [1.82, 2.24) is 15.1 Å². The number of hydrogen-bond acceptors (Lipinski definition) is 3. The molecule has 1 heterocycles. The molecule has 0 aromatic carbocycles. The number of nitrogens with one attached hydrogen (secondary N) is 1. The Labute approximate surface area is 118 Å². The number of carboxylic acid groups (broad SMARTS) is 1. The van der Waals surface area contributed by atoms with Gasteiger partial charge in [0.05, 0.1) is 0 Å². The minimum absolute atomic E-state index is 0.122. The van der Waals surface area contributed by atoms with Crippen LogP contribution in [0.1, 0.15) is 55.2 Å². The average Bonchev–Trinajstić information content (AvgIpc) is 3.17. The molecule has 0 aliphatic heterocycles. The lowest BCUT2D eigenvalue weighted by Gasteiger charge is -2.19. The molecule has 2 atom stereocenters. The molecule has 1 saturated carbocycles. The van der Waals surface area contributed by atoms with Gasteiger partial charge in [0.25, 0.3) is 5.91 Å². The van der Waals surface area contributed by atoms with E-state index in [1.54, 1.807) is 10.7 Å². The number of aliphatic carboxylic acids is 1. The van der Waals surface area contributed by atoms with E-state index in [0.717, 1.165) is 18.5 Å². The van der Waals surface area contributed by atoms with E-state index in [-0.39, 0.29) is 5.92 Å². The quantitative estimate of drug-likeness (QED) is 0.827. The van der Waals surface area contributed by atoms with E-state index in [0.29, 0.717) is 18.0 Å². The van der Waals surface area contributed by atoms with Crippen molar-refractivity contribution >= 4 is 11.9 Å². The lowest BCUT2D eigenvalue weighted by molar-refractivity contribution is -0.140. The summed E-state index contributed by atoms with van der Waals surface area (Å²) in [5.41, 5.74) is 1.34. The van der Waals surface area contributed by atoms with Crippen LogP contribution in [-0.4, -0.2) is 32.8 Å². The first-order valence-electron chi connectivity index (χ1n) is 7.01. The molecule has 1 aliphatic carbocycles. The highest BCUT2D eigenvalue weighted by Gasteiger charge is 2.30. The molecule has 0 saturated heterocycles. The van der Waals surface area contributed by atoms with Crippen molar-refractivity contribution in [1.29, 1.82) is 0 Å². The maximum absolute atomic E-state index is 12.1. The van der Waals surface area contributed by atoms with Crippen LogP contribution in [0, 0.1) is 5.92 Å². The SMILES string of the molecule is CC[C@H](C)[C@H](NC(=O)c1cc(C2CC2)n(C)n1)C(=O)O. The maximum atomic E-state index is 12.1. The van der Waals surface area contributed by atoms with Crippen LogP contribution >= 0.6 is 0 Å². The molecule has 6 nitrogen and oxygen atoms in total. The minimum atomic E-state index is -1.01. The Morgan fingerprint density at radius 1 is 1.55 bits per heavy atom. The molecule has 1 aromatic rings. The Hall–Kier alpha value is -1.85. The number of aromatic nitrogens is 2. The fraction of sp³-hybridized carbons (Fsp3) is 0.643. The summed E-state index contributed by atoms with van der Waals surface area (Å²) in [6.45, 7) is 3.71. The summed E-state index contributed by atoms with van der Waals surface area (Å²) in [5.74, 6) is -1.05. The normalized spacial score (nSPS) is 17.6. The van der Waals surface area contributed by atoms with Gasteiger partial charge in [-0.2, -0.15) is 5.10 Å². The van der Waals surface area contributed by atoms with Crippen LogP contribution < -0.4 is 5.32 Å². The number of carboxylic acids is 1. The lowest BCUT2D eigenvalue weighted by atomic mass is 9.99. The first kappa shape index (κ1) is 14.6. The van der Waals surface area contributed by atoms with Gasteiger partial charge in [0.2, 0.25) is 0 Å². The third kappa shape index (κ3) is 3.00. The van der Waals surface area contributed by atoms with Crippen molar-refractivity contribution in [3.63, 3.8) is 0 Å². The molecule has 2 N–H and O–H groups in total. The van der Waals surface area contributed by atoms with Crippen molar-refractivity contribution in [3.8, 4) is 0 Å². The van der Waals surface area contributed by atoms with Crippen LogP contribution in [0.25, 0.3) is 0 Å². The molecule has 1 amide bonds. The van der Waals surface area contributed by atoms with Gasteiger partial charge in [-0.3, -0.25) is 9.48 Å². The number of carbonyl (C=O) groups excluding carboxylic acids is 1. The zero-order valence-corrected chi connectivity index (χ0v) is 12.1. The molecule has 0 unspecified atom stereocenters. The van der Waals surface area contributed by atoms with Gasteiger partial charge < -0.3 is 10.4 Å². The van der Waals surface area contributed by atoms with E-state index >= 15 is 0 Å². The highest BCUT2D eigenvalue weighted by Crippen LogP contribution is 2.39. The molecule has 1 aliphatic rings. The van der Waals surface area contributed by atoms with Gasteiger partial charge in [-0.05, 0) is 24.8 Å². The van der Waals surface area contributed by atoms with Crippen LogP contribution in [0.3, 0.4) is 0 Å². The summed E-state index contributed by atoms with van der Waals surface area (Å²) in [5, 5.41) is 15.9. The molecule has 1 fully saturated rings. The third-order valence-corrected chi connectivity index (χ3v) is 3.91. The molecule has 0 spiro atoms. The first-order valence-corrected chi connectivity index (χ1v) is 7.01. The van der Waals surface area contributed by atoms with Crippen molar-refractivity contribution in [2.75, 3.05) is 0 Å². The Morgan fingerprint density at radius 3 is 2.70 bits per heavy atom. The Bertz CT molecular complexity index is 520. The highest BCUT2D eigenvalue weighted by atomic mass is 16.4. The summed E-state index contributed by atoms with van der Waals surface area (Å²) in [6, 6.07) is 0.890. The standard InChI is InChI=1S/C14H21N3O3/c1-4-8(2)12(14(19)20)15-13(18)10-7-11(9-5-6-9)17(3)16-10/h7-9,12H,4-6H2,1-3H3,(H,15,18)(H,19,20)/t8-,12-/m0/s1. The maximum Gasteiger partial charge on any atom is 0.326 e. The van der Waals surface area contributed by atoms with E-state index in [2.05, 4.69) is 10.4 Å². The molecule has 20 heavy (non-hydrogen) atoms. The van der Waals surface area contributed by atoms with Gasteiger partial charge in [-0.15, -0.1) is 0 Å². The van der Waals surface area contributed by atoms with Crippen LogP contribution in [0.5, 0.6) is 0 Å². The molecular weight excluding hydrogens is 258 g/mol. The summed E-state index contributed by atoms with van der Waals surface area (Å²) in [4.78, 5) is 23.4. The minimum Gasteiger partial charge on any atom is -0.480 e. The monoisotopic (exact) mass is 279 g/mol. The topological polar surface area (TPSA) is 84.2 Å². The number of hydrogen-bond donors (Lipinski definition) is 2. The number of carbonyl (C=O) groups is 2. The van der Waals surface area contributed by atoms with Crippen LogP contribution in [0.15, 0.2) is 6.07 Å². The number of aryl methyl sites for hydroxylation is 1. The molecule has 6 heteroatoms. The van der Waals surface area contributed by atoms with E-state index in [9.17, 15) is 14.7 Å². The Balaban J connectivity index is 2.10. The van der Waals surface area contributed by atoms with Crippen LogP contribution in [0.4, 0.5) is 0 Å². The zero-order chi connectivity index (χ0) is 14.9.